The lowest BCUT2D eigenvalue weighted by molar-refractivity contribution is 0.0986. The minimum absolute atomic E-state index is 0.0256. The minimum atomic E-state index is -0.682. The number of carbonyl (C=O) groups is 1. The van der Waals surface area contributed by atoms with Crippen molar-refractivity contribution in [2.75, 3.05) is 11.9 Å². The van der Waals surface area contributed by atoms with Crippen molar-refractivity contribution in [3.05, 3.63) is 45.0 Å². The van der Waals surface area contributed by atoms with Crippen LogP contribution < -0.4 is 21.3 Å². The van der Waals surface area contributed by atoms with Gasteiger partial charge in [-0.3, -0.25) is 9.59 Å². The molecule has 10 heteroatoms. The predicted octanol–water partition coefficient (Wildman–Crippen LogP) is 2.37. The van der Waals surface area contributed by atoms with Gasteiger partial charge in [0.15, 0.2) is 0 Å². The Bertz CT molecular complexity index is 1150. The Hall–Kier alpha value is -3.07. The molecule has 0 radical (unpaired) electrons. The van der Waals surface area contributed by atoms with E-state index in [4.69, 9.17) is 22.1 Å². The van der Waals surface area contributed by atoms with E-state index in [2.05, 4.69) is 20.4 Å². The molecule has 3 aromatic rings. The van der Waals surface area contributed by atoms with Gasteiger partial charge in [0.1, 0.15) is 5.75 Å². The Kier molecular flexibility index (Phi) is 4.91. The molecule has 0 spiro atoms. The lowest BCUT2D eigenvalue weighted by atomic mass is 10.1. The van der Waals surface area contributed by atoms with E-state index in [1.165, 1.54) is 17.5 Å². The molecule has 1 aliphatic carbocycles. The molecule has 2 aromatic heterocycles. The number of benzene rings is 1. The van der Waals surface area contributed by atoms with Gasteiger partial charge in [-0.05, 0) is 37.8 Å². The predicted molar refractivity (Wildman–Crippen MR) is 109 cm³/mol. The van der Waals surface area contributed by atoms with E-state index in [9.17, 15) is 9.59 Å². The van der Waals surface area contributed by atoms with Gasteiger partial charge in [-0.25, -0.2) is 4.68 Å². The number of ether oxygens (including phenoxy) is 1. The Labute approximate surface area is 171 Å². The Morgan fingerprint density at radius 3 is 2.86 bits per heavy atom. The van der Waals surface area contributed by atoms with E-state index in [1.807, 2.05) is 0 Å². The first kappa shape index (κ1) is 19.3. The number of pyridine rings is 1. The van der Waals surface area contributed by atoms with Crippen LogP contribution in [0.2, 0.25) is 5.02 Å². The molecule has 152 valence electrons. The highest BCUT2D eigenvalue weighted by molar-refractivity contribution is 6.32. The minimum Gasteiger partial charge on any atom is -0.492 e. The number of amides is 1. The standard InChI is InChI=1S/C19H21ClN6O3/c1-9(22-19-24-17(16(21)27)26(2)25-19)12-5-11-6-13(20)15(29-8-10-3-4-10)7-14(11)23-18(12)28/h5-7,9-10H,3-4,8H2,1-2H3,(H2,21,27)(H,22,25)(H,23,28)/t9-/m0/s1. The van der Waals surface area contributed by atoms with Crippen LogP contribution in [0.15, 0.2) is 23.0 Å². The average molecular weight is 417 g/mol. The Morgan fingerprint density at radius 1 is 1.45 bits per heavy atom. The number of H-pyrrole nitrogens is 1. The number of hydrogen-bond acceptors (Lipinski definition) is 6. The fraction of sp³-hybridized carbons (Fsp3) is 0.368. The summed E-state index contributed by atoms with van der Waals surface area (Å²) in [4.78, 5) is 30.9. The fourth-order valence-electron chi connectivity index (χ4n) is 3.08. The molecular formula is C19H21ClN6O3. The molecule has 29 heavy (non-hydrogen) atoms. The van der Waals surface area contributed by atoms with E-state index < -0.39 is 11.9 Å². The largest absolute Gasteiger partial charge is 0.492 e. The van der Waals surface area contributed by atoms with Crippen molar-refractivity contribution in [3.8, 4) is 5.75 Å². The van der Waals surface area contributed by atoms with E-state index in [1.54, 1.807) is 32.2 Å². The Balaban J connectivity index is 1.60. The van der Waals surface area contributed by atoms with Crippen molar-refractivity contribution in [1.82, 2.24) is 19.7 Å². The number of rotatable bonds is 7. The Morgan fingerprint density at radius 2 is 2.21 bits per heavy atom. The fourth-order valence-corrected chi connectivity index (χ4v) is 3.31. The maximum Gasteiger partial charge on any atom is 0.286 e. The molecule has 1 amide bonds. The van der Waals surface area contributed by atoms with E-state index in [0.717, 1.165) is 5.39 Å². The number of aryl methyl sites for hydroxylation is 1. The molecule has 0 unspecified atom stereocenters. The number of carbonyl (C=O) groups excluding carboxylic acids is 1. The molecule has 0 aliphatic heterocycles. The number of hydrogen-bond donors (Lipinski definition) is 3. The van der Waals surface area contributed by atoms with E-state index in [-0.39, 0.29) is 17.3 Å². The number of aromatic amines is 1. The zero-order valence-corrected chi connectivity index (χ0v) is 16.8. The van der Waals surface area contributed by atoms with E-state index >= 15 is 0 Å². The molecule has 1 aliphatic rings. The van der Waals surface area contributed by atoms with Gasteiger partial charge in [0.05, 0.1) is 23.2 Å². The van der Waals surface area contributed by atoms with E-state index in [0.29, 0.717) is 34.4 Å². The van der Waals surface area contributed by atoms with Gasteiger partial charge in [0.2, 0.25) is 11.8 Å². The lowest BCUT2D eigenvalue weighted by Gasteiger charge is -2.14. The SMILES string of the molecule is C[C@H](Nc1nc(C(N)=O)n(C)n1)c1cc2cc(Cl)c(OCC3CC3)cc2[nH]c1=O. The maximum atomic E-state index is 12.6. The highest BCUT2D eigenvalue weighted by Crippen LogP contribution is 2.33. The summed E-state index contributed by atoms with van der Waals surface area (Å²) < 4.78 is 7.06. The van der Waals surface area contributed by atoms with Crippen LogP contribution in [-0.4, -0.2) is 32.3 Å². The van der Waals surface area contributed by atoms with Crippen LogP contribution in [0.5, 0.6) is 5.75 Å². The number of nitrogens with zero attached hydrogens (tertiary/aromatic N) is 3. The van der Waals surface area contributed by atoms with Gasteiger partial charge in [0.25, 0.3) is 11.5 Å². The summed E-state index contributed by atoms with van der Waals surface area (Å²) in [5.74, 6) is 0.717. The number of nitrogens with two attached hydrogens (primary N) is 1. The van der Waals surface area contributed by atoms with Crippen LogP contribution in [0.4, 0.5) is 5.95 Å². The molecule has 1 aromatic carbocycles. The molecule has 0 bridgehead atoms. The van der Waals surface area contributed by atoms with Crippen LogP contribution in [0.3, 0.4) is 0 Å². The third kappa shape index (κ3) is 4.04. The summed E-state index contributed by atoms with van der Waals surface area (Å²) in [6, 6.07) is 4.87. The van der Waals surface area contributed by atoms with Crippen molar-refractivity contribution in [2.24, 2.45) is 18.7 Å². The van der Waals surface area contributed by atoms with Crippen LogP contribution in [-0.2, 0) is 7.05 Å². The van der Waals surface area contributed by atoms with Crippen LogP contribution in [0, 0.1) is 5.92 Å². The van der Waals surface area contributed by atoms with Crippen molar-refractivity contribution >= 4 is 34.4 Å². The summed E-state index contributed by atoms with van der Waals surface area (Å²) >= 11 is 6.36. The van der Waals surface area contributed by atoms with Crippen molar-refractivity contribution < 1.29 is 9.53 Å². The topological polar surface area (TPSA) is 128 Å². The summed E-state index contributed by atoms with van der Waals surface area (Å²) in [6.45, 7) is 2.43. The second-order valence-corrected chi connectivity index (χ2v) is 7.70. The van der Waals surface area contributed by atoms with Crippen LogP contribution >= 0.6 is 11.6 Å². The number of halogens is 1. The number of fused-ring (bicyclic) bond motifs is 1. The normalized spacial score (nSPS) is 14.7. The first-order chi connectivity index (χ1) is 13.8. The molecule has 4 N–H and O–H groups in total. The molecule has 9 nitrogen and oxygen atoms in total. The third-order valence-corrected chi connectivity index (χ3v) is 5.19. The molecule has 4 rings (SSSR count). The molecule has 1 fully saturated rings. The van der Waals surface area contributed by atoms with Crippen molar-refractivity contribution in [2.45, 2.75) is 25.8 Å². The zero-order valence-electron chi connectivity index (χ0n) is 16.0. The summed E-state index contributed by atoms with van der Waals surface area (Å²) in [5, 5.41) is 8.39. The molecule has 2 heterocycles. The quantitative estimate of drug-likeness (QED) is 0.542. The van der Waals surface area contributed by atoms with Gasteiger partial charge < -0.3 is 20.8 Å². The van der Waals surface area contributed by atoms with Gasteiger partial charge in [0, 0.05) is 24.1 Å². The number of aromatic nitrogens is 4. The maximum absolute atomic E-state index is 12.6. The second-order valence-electron chi connectivity index (χ2n) is 7.29. The highest BCUT2D eigenvalue weighted by Gasteiger charge is 2.22. The van der Waals surface area contributed by atoms with Gasteiger partial charge >= 0.3 is 0 Å². The van der Waals surface area contributed by atoms with Crippen LogP contribution in [0.25, 0.3) is 10.9 Å². The number of primary amides is 1. The average Bonchev–Trinajstić information content (AvgIpc) is 3.41. The summed E-state index contributed by atoms with van der Waals surface area (Å²) in [6.07, 6.45) is 2.37. The first-order valence-electron chi connectivity index (χ1n) is 9.28. The summed E-state index contributed by atoms with van der Waals surface area (Å²) in [7, 11) is 1.57. The molecule has 0 saturated heterocycles. The lowest BCUT2D eigenvalue weighted by Crippen LogP contribution is -2.20. The van der Waals surface area contributed by atoms with Crippen molar-refractivity contribution in [1.29, 1.82) is 0 Å². The second kappa shape index (κ2) is 7.40. The first-order valence-corrected chi connectivity index (χ1v) is 9.66. The highest BCUT2D eigenvalue weighted by atomic mass is 35.5. The van der Waals surface area contributed by atoms with Crippen molar-refractivity contribution in [3.63, 3.8) is 0 Å². The zero-order chi connectivity index (χ0) is 20.7. The third-order valence-electron chi connectivity index (χ3n) is 4.89. The van der Waals surface area contributed by atoms with Gasteiger partial charge in [-0.1, -0.05) is 11.6 Å². The summed E-state index contributed by atoms with van der Waals surface area (Å²) in [5.41, 5.74) is 6.13. The monoisotopic (exact) mass is 416 g/mol. The van der Waals surface area contributed by atoms with Gasteiger partial charge in [-0.2, -0.15) is 4.98 Å². The number of anilines is 1. The smallest absolute Gasteiger partial charge is 0.286 e. The number of nitrogens with one attached hydrogen (secondary N) is 2. The van der Waals surface area contributed by atoms with Crippen LogP contribution in [0.1, 0.15) is 42.0 Å². The molecule has 1 saturated carbocycles. The molecular weight excluding hydrogens is 396 g/mol. The molecule has 1 atom stereocenters. The van der Waals surface area contributed by atoms with Gasteiger partial charge in [-0.15, -0.1) is 5.10 Å².